The van der Waals surface area contributed by atoms with Crippen LogP contribution >= 0.6 is 0 Å². The van der Waals surface area contributed by atoms with E-state index in [1.54, 1.807) is 0 Å². The van der Waals surface area contributed by atoms with Crippen LogP contribution in [0.25, 0.3) is 0 Å². The first kappa shape index (κ1) is 9.71. The van der Waals surface area contributed by atoms with Gasteiger partial charge in [-0.05, 0) is 5.56 Å². The third kappa shape index (κ3) is 1.83. The van der Waals surface area contributed by atoms with Gasteiger partial charge in [0.15, 0.2) is 5.78 Å². The van der Waals surface area contributed by atoms with E-state index in [4.69, 9.17) is 5.11 Å². The van der Waals surface area contributed by atoms with Crippen LogP contribution in [0.2, 0.25) is 0 Å². The predicted molar refractivity (Wildman–Crippen MR) is 53.7 cm³/mol. The van der Waals surface area contributed by atoms with Crippen LogP contribution < -0.4 is 0 Å². The standard InChI is InChI=1S/C11H11NO3/c13-10-7-12(11(14)15)9(10)6-8-4-2-1-3-5-8/h1-5,9H,6-7H2,(H,14,15)/t9-/m0/s1. The summed E-state index contributed by atoms with van der Waals surface area (Å²) in [4.78, 5) is 23.1. The van der Waals surface area contributed by atoms with Crippen molar-refractivity contribution in [3.63, 3.8) is 0 Å². The van der Waals surface area contributed by atoms with Crippen LogP contribution in [0.3, 0.4) is 0 Å². The molecule has 0 bridgehead atoms. The fraction of sp³-hybridized carbons (Fsp3) is 0.273. The second-order valence-corrected chi connectivity index (χ2v) is 3.58. The van der Waals surface area contributed by atoms with Gasteiger partial charge in [-0.25, -0.2) is 4.79 Å². The number of hydrogen-bond donors (Lipinski definition) is 1. The summed E-state index contributed by atoms with van der Waals surface area (Å²) in [7, 11) is 0. The smallest absolute Gasteiger partial charge is 0.408 e. The SMILES string of the molecule is O=C1CN(C(=O)O)[C@H]1Cc1ccccc1. The molecule has 0 radical (unpaired) electrons. The van der Waals surface area contributed by atoms with E-state index < -0.39 is 12.1 Å². The van der Waals surface area contributed by atoms with Crippen molar-refractivity contribution in [2.24, 2.45) is 0 Å². The van der Waals surface area contributed by atoms with E-state index in [1.165, 1.54) is 4.90 Å². The lowest BCUT2D eigenvalue weighted by atomic mass is 9.94. The van der Waals surface area contributed by atoms with Crippen LogP contribution in [0, 0.1) is 0 Å². The Morgan fingerprint density at radius 1 is 1.40 bits per heavy atom. The normalized spacial score (nSPS) is 19.9. The molecule has 0 aliphatic carbocycles. The van der Waals surface area contributed by atoms with Crippen molar-refractivity contribution in [3.05, 3.63) is 35.9 Å². The van der Waals surface area contributed by atoms with Gasteiger partial charge in [-0.15, -0.1) is 0 Å². The van der Waals surface area contributed by atoms with Crippen LogP contribution in [-0.4, -0.2) is 34.5 Å². The summed E-state index contributed by atoms with van der Waals surface area (Å²) >= 11 is 0. The van der Waals surface area contributed by atoms with Gasteiger partial charge < -0.3 is 5.11 Å². The summed E-state index contributed by atoms with van der Waals surface area (Å²) in [5.74, 6) is 0.00116. The van der Waals surface area contributed by atoms with Gasteiger partial charge in [-0.1, -0.05) is 30.3 Å². The molecule has 0 spiro atoms. The van der Waals surface area contributed by atoms with Gasteiger partial charge in [0.2, 0.25) is 0 Å². The van der Waals surface area contributed by atoms with Crippen LogP contribution in [0.4, 0.5) is 4.79 Å². The minimum Gasteiger partial charge on any atom is -0.465 e. The number of carboxylic acid groups (broad SMARTS) is 1. The fourth-order valence-electron chi connectivity index (χ4n) is 1.71. The summed E-state index contributed by atoms with van der Waals surface area (Å²) in [5, 5.41) is 8.77. The molecule has 0 saturated carbocycles. The van der Waals surface area contributed by atoms with E-state index in [0.717, 1.165) is 5.56 Å². The second-order valence-electron chi connectivity index (χ2n) is 3.58. The number of amides is 1. The Morgan fingerprint density at radius 2 is 2.07 bits per heavy atom. The first-order valence-electron chi connectivity index (χ1n) is 4.74. The van der Waals surface area contributed by atoms with Crippen molar-refractivity contribution < 1.29 is 14.7 Å². The summed E-state index contributed by atoms with van der Waals surface area (Å²) in [5.41, 5.74) is 0.988. The lowest BCUT2D eigenvalue weighted by Gasteiger charge is -2.36. The minimum absolute atomic E-state index is 0.00116. The highest BCUT2D eigenvalue weighted by atomic mass is 16.4. The van der Waals surface area contributed by atoms with Gasteiger partial charge in [-0.2, -0.15) is 0 Å². The molecule has 0 aromatic heterocycles. The van der Waals surface area contributed by atoms with Crippen LogP contribution in [0.5, 0.6) is 0 Å². The van der Waals surface area contributed by atoms with E-state index >= 15 is 0 Å². The number of carbonyl (C=O) groups excluding carboxylic acids is 1. The van der Waals surface area contributed by atoms with Gasteiger partial charge in [-0.3, -0.25) is 9.69 Å². The van der Waals surface area contributed by atoms with Crippen LogP contribution in [0.15, 0.2) is 30.3 Å². The third-order valence-electron chi connectivity index (χ3n) is 2.59. The average Bonchev–Trinajstić information content (AvgIpc) is 2.23. The maximum atomic E-state index is 11.2. The molecule has 4 heteroatoms. The molecule has 1 aromatic carbocycles. The Morgan fingerprint density at radius 3 is 2.60 bits per heavy atom. The Kier molecular flexibility index (Phi) is 2.41. The number of Topliss-reactive ketones (excluding diaryl/α,β-unsaturated/α-hetero) is 1. The van der Waals surface area contributed by atoms with E-state index in [0.29, 0.717) is 6.42 Å². The number of hydrogen-bond acceptors (Lipinski definition) is 2. The number of nitrogens with zero attached hydrogens (tertiary/aromatic N) is 1. The van der Waals surface area contributed by atoms with Gasteiger partial charge in [0.25, 0.3) is 0 Å². The van der Waals surface area contributed by atoms with Crippen molar-refractivity contribution in [1.29, 1.82) is 0 Å². The summed E-state index contributed by atoms with van der Waals surface area (Å²) in [6, 6.07) is 8.95. The number of carbonyl (C=O) groups is 2. The second kappa shape index (κ2) is 3.73. The number of ketones is 1. The molecule has 1 saturated heterocycles. The summed E-state index contributed by atoms with van der Waals surface area (Å²) in [6.07, 6.45) is -0.540. The fourth-order valence-corrected chi connectivity index (χ4v) is 1.71. The number of benzene rings is 1. The molecule has 1 N–H and O–H groups in total. The highest BCUT2D eigenvalue weighted by Gasteiger charge is 2.40. The van der Waals surface area contributed by atoms with Gasteiger partial charge >= 0.3 is 6.09 Å². The lowest BCUT2D eigenvalue weighted by molar-refractivity contribution is -0.133. The van der Waals surface area contributed by atoms with E-state index in [1.807, 2.05) is 30.3 Å². The maximum Gasteiger partial charge on any atom is 0.408 e. The monoisotopic (exact) mass is 205 g/mol. The zero-order chi connectivity index (χ0) is 10.8. The van der Waals surface area contributed by atoms with Crippen LogP contribution in [-0.2, 0) is 11.2 Å². The van der Waals surface area contributed by atoms with Crippen molar-refractivity contribution in [2.45, 2.75) is 12.5 Å². The zero-order valence-corrected chi connectivity index (χ0v) is 8.09. The molecular weight excluding hydrogens is 194 g/mol. The quantitative estimate of drug-likeness (QED) is 0.788. The molecule has 1 aliphatic rings. The Hall–Kier alpha value is -1.84. The highest BCUT2D eigenvalue weighted by Crippen LogP contribution is 2.18. The van der Waals surface area contributed by atoms with Crippen molar-refractivity contribution in [2.75, 3.05) is 6.54 Å². The predicted octanol–water partition coefficient (Wildman–Crippen LogP) is 1.16. The summed E-state index contributed by atoms with van der Waals surface area (Å²) in [6.45, 7) is 0.0346. The van der Waals surface area contributed by atoms with Gasteiger partial charge in [0.1, 0.15) is 6.04 Å². The van der Waals surface area contributed by atoms with Crippen molar-refractivity contribution in [1.82, 2.24) is 4.90 Å². The Balaban J connectivity index is 2.06. The van der Waals surface area contributed by atoms with Gasteiger partial charge in [0, 0.05) is 6.42 Å². The molecule has 1 aromatic rings. The first-order chi connectivity index (χ1) is 7.18. The molecule has 78 valence electrons. The van der Waals surface area contributed by atoms with Crippen molar-refractivity contribution in [3.8, 4) is 0 Å². The topological polar surface area (TPSA) is 57.6 Å². The lowest BCUT2D eigenvalue weighted by Crippen LogP contribution is -2.59. The highest BCUT2D eigenvalue weighted by molar-refractivity contribution is 5.97. The van der Waals surface area contributed by atoms with Crippen molar-refractivity contribution >= 4 is 11.9 Å². The first-order valence-corrected chi connectivity index (χ1v) is 4.74. The molecule has 0 unspecified atom stereocenters. The van der Waals surface area contributed by atoms with E-state index in [2.05, 4.69) is 0 Å². The molecule has 1 heterocycles. The average molecular weight is 205 g/mol. The minimum atomic E-state index is -1.02. The molecule has 1 amide bonds. The number of likely N-dealkylation sites (tertiary alicyclic amines) is 1. The molecule has 1 atom stereocenters. The number of rotatable bonds is 2. The van der Waals surface area contributed by atoms with E-state index in [-0.39, 0.29) is 12.3 Å². The largest absolute Gasteiger partial charge is 0.465 e. The Labute approximate surface area is 87.1 Å². The molecule has 1 aliphatic heterocycles. The zero-order valence-electron chi connectivity index (χ0n) is 8.09. The van der Waals surface area contributed by atoms with Crippen LogP contribution in [0.1, 0.15) is 5.56 Å². The molecule has 15 heavy (non-hydrogen) atoms. The third-order valence-corrected chi connectivity index (χ3v) is 2.59. The molecule has 2 rings (SSSR count). The molecule has 4 nitrogen and oxygen atoms in total. The summed E-state index contributed by atoms with van der Waals surface area (Å²) < 4.78 is 0. The van der Waals surface area contributed by atoms with E-state index in [9.17, 15) is 9.59 Å². The molecular formula is C11H11NO3. The van der Waals surface area contributed by atoms with Gasteiger partial charge in [0.05, 0.1) is 6.54 Å². The molecule has 1 fully saturated rings. The Bertz CT molecular complexity index is 388. The maximum absolute atomic E-state index is 11.2.